The molecule has 0 bridgehead atoms. The van der Waals surface area contributed by atoms with Crippen LogP contribution in [0.15, 0.2) is 28.7 Å². The standard InChI is InChI=1S/C13H20BrN3/c1-2-7-15-17-10-8-16(9-11-17)13-5-3-12(14)4-6-13/h3-6,15H,2,7-11H2,1H3. The van der Waals surface area contributed by atoms with Crippen molar-refractivity contribution in [3.05, 3.63) is 28.7 Å². The monoisotopic (exact) mass is 297 g/mol. The molecule has 4 heteroatoms. The van der Waals surface area contributed by atoms with Gasteiger partial charge in [0.25, 0.3) is 0 Å². The van der Waals surface area contributed by atoms with Crippen molar-refractivity contribution in [2.45, 2.75) is 13.3 Å². The Bertz CT molecular complexity index is 331. The Balaban J connectivity index is 1.84. The molecule has 3 nitrogen and oxygen atoms in total. The predicted molar refractivity (Wildman–Crippen MR) is 76.2 cm³/mol. The average Bonchev–Trinajstić information content (AvgIpc) is 2.38. The van der Waals surface area contributed by atoms with E-state index in [2.05, 4.69) is 62.5 Å². The molecule has 0 radical (unpaired) electrons. The number of piperazine rings is 1. The molecule has 1 fully saturated rings. The SMILES string of the molecule is CCCNN1CCN(c2ccc(Br)cc2)CC1. The molecule has 0 amide bonds. The van der Waals surface area contributed by atoms with Crippen molar-refractivity contribution in [1.29, 1.82) is 0 Å². The highest BCUT2D eigenvalue weighted by molar-refractivity contribution is 9.10. The summed E-state index contributed by atoms with van der Waals surface area (Å²) in [5, 5.41) is 2.33. The molecule has 17 heavy (non-hydrogen) atoms. The molecule has 1 saturated heterocycles. The van der Waals surface area contributed by atoms with E-state index >= 15 is 0 Å². The van der Waals surface area contributed by atoms with Gasteiger partial charge in [0.05, 0.1) is 0 Å². The highest BCUT2D eigenvalue weighted by Crippen LogP contribution is 2.19. The number of halogens is 1. The third-order valence-electron chi connectivity index (χ3n) is 3.06. The first-order chi connectivity index (χ1) is 8.29. The van der Waals surface area contributed by atoms with E-state index in [4.69, 9.17) is 0 Å². The molecule has 2 rings (SSSR count). The van der Waals surface area contributed by atoms with Crippen molar-refractivity contribution in [2.75, 3.05) is 37.6 Å². The van der Waals surface area contributed by atoms with Crippen LogP contribution in [0.1, 0.15) is 13.3 Å². The van der Waals surface area contributed by atoms with Crippen LogP contribution in [-0.4, -0.2) is 37.7 Å². The maximum absolute atomic E-state index is 3.47. The molecule has 1 aromatic carbocycles. The van der Waals surface area contributed by atoms with Crippen molar-refractivity contribution in [1.82, 2.24) is 10.4 Å². The first-order valence-corrected chi connectivity index (χ1v) is 7.08. The van der Waals surface area contributed by atoms with Gasteiger partial charge in [0.2, 0.25) is 0 Å². The summed E-state index contributed by atoms with van der Waals surface area (Å²) < 4.78 is 1.14. The zero-order valence-corrected chi connectivity index (χ0v) is 11.9. The van der Waals surface area contributed by atoms with Crippen LogP contribution in [0.4, 0.5) is 5.69 Å². The van der Waals surface area contributed by atoms with Gasteiger partial charge >= 0.3 is 0 Å². The topological polar surface area (TPSA) is 18.5 Å². The van der Waals surface area contributed by atoms with Crippen molar-refractivity contribution >= 4 is 21.6 Å². The molecule has 1 aliphatic heterocycles. The molecule has 1 aromatic rings. The lowest BCUT2D eigenvalue weighted by molar-refractivity contribution is 0.177. The van der Waals surface area contributed by atoms with E-state index in [0.29, 0.717) is 0 Å². The van der Waals surface area contributed by atoms with Gasteiger partial charge in [0.15, 0.2) is 0 Å². The summed E-state index contributed by atoms with van der Waals surface area (Å²) in [5.41, 5.74) is 4.77. The van der Waals surface area contributed by atoms with Gasteiger partial charge in [0, 0.05) is 42.9 Å². The molecule has 0 spiro atoms. The van der Waals surface area contributed by atoms with Crippen LogP contribution in [0.25, 0.3) is 0 Å². The highest BCUT2D eigenvalue weighted by atomic mass is 79.9. The number of benzene rings is 1. The Morgan fingerprint density at radius 2 is 1.76 bits per heavy atom. The Kier molecular flexibility index (Phi) is 4.83. The van der Waals surface area contributed by atoms with Gasteiger partial charge in [0.1, 0.15) is 0 Å². The minimum absolute atomic E-state index is 1.08. The normalized spacial score (nSPS) is 17.4. The van der Waals surface area contributed by atoms with Crippen molar-refractivity contribution < 1.29 is 0 Å². The smallest absolute Gasteiger partial charge is 0.0367 e. The van der Waals surface area contributed by atoms with E-state index in [0.717, 1.165) is 37.2 Å². The van der Waals surface area contributed by atoms with Crippen LogP contribution in [0.2, 0.25) is 0 Å². The fourth-order valence-corrected chi connectivity index (χ4v) is 2.31. The molecule has 1 heterocycles. The van der Waals surface area contributed by atoms with Crippen molar-refractivity contribution in [2.24, 2.45) is 0 Å². The third kappa shape index (κ3) is 3.69. The van der Waals surface area contributed by atoms with Gasteiger partial charge in [-0.3, -0.25) is 5.43 Å². The number of nitrogens with zero attached hydrogens (tertiary/aromatic N) is 2. The van der Waals surface area contributed by atoms with Crippen LogP contribution in [0.3, 0.4) is 0 Å². The number of rotatable bonds is 4. The van der Waals surface area contributed by atoms with Crippen LogP contribution in [0, 0.1) is 0 Å². The summed E-state index contributed by atoms with van der Waals surface area (Å²) >= 11 is 3.47. The number of anilines is 1. The molecule has 0 atom stereocenters. The summed E-state index contributed by atoms with van der Waals surface area (Å²) in [6.45, 7) is 7.66. The summed E-state index contributed by atoms with van der Waals surface area (Å²) in [6, 6.07) is 8.58. The van der Waals surface area contributed by atoms with E-state index in [1.165, 1.54) is 12.1 Å². The molecular formula is C13H20BrN3. The van der Waals surface area contributed by atoms with Gasteiger partial charge in [-0.1, -0.05) is 22.9 Å². The quantitative estimate of drug-likeness (QED) is 0.921. The zero-order valence-electron chi connectivity index (χ0n) is 10.3. The largest absolute Gasteiger partial charge is 0.369 e. The lowest BCUT2D eigenvalue weighted by atomic mass is 10.2. The van der Waals surface area contributed by atoms with E-state index in [9.17, 15) is 0 Å². The maximum atomic E-state index is 3.47. The first-order valence-electron chi connectivity index (χ1n) is 6.28. The van der Waals surface area contributed by atoms with Gasteiger partial charge < -0.3 is 4.90 Å². The second kappa shape index (κ2) is 6.38. The van der Waals surface area contributed by atoms with Gasteiger partial charge in [-0.25, -0.2) is 5.01 Å². The van der Waals surface area contributed by atoms with Gasteiger partial charge in [-0.2, -0.15) is 0 Å². The summed E-state index contributed by atoms with van der Waals surface area (Å²) in [5.74, 6) is 0. The lowest BCUT2D eigenvalue weighted by Crippen LogP contribution is -2.52. The minimum atomic E-state index is 1.08. The van der Waals surface area contributed by atoms with E-state index in [1.54, 1.807) is 0 Å². The Hall–Kier alpha value is -0.580. The van der Waals surface area contributed by atoms with Gasteiger partial charge in [-0.15, -0.1) is 0 Å². The molecule has 94 valence electrons. The molecule has 0 unspecified atom stereocenters. The van der Waals surface area contributed by atoms with Crippen LogP contribution >= 0.6 is 15.9 Å². The molecular weight excluding hydrogens is 278 g/mol. The summed E-state index contributed by atoms with van der Waals surface area (Å²) in [6.07, 6.45) is 1.19. The molecule has 0 saturated carbocycles. The first kappa shape index (κ1) is 12.9. The molecule has 1 N–H and O–H groups in total. The second-order valence-electron chi connectivity index (χ2n) is 4.36. The Morgan fingerprint density at radius 1 is 1.12 bits per heavy atom. The Labute approximate surface area is 112 Å². The fraction of sp³-hybridized carbons (Fsp3) is 0.538. The predicted octanol–water partition coefficient (Wildman–Crippen LogP) is 2.49. The molecule has 1 aliphatic rings. The fourth-order valence-electron chi connectivity index (χ4n) is 2.04. The lowest BCUT2D eigenvalue weighted by Gasteiger charge is -2.36. The average molecular weight is 298 g/mol. The maximum Gasteiger partial charge on any atom is 0.0367 e. The van der Waals surface area contributed by atoms with Gasteiger partial charge in [-0.05, 0) is 30.7 Å². The van der Waals surface area contributed by atoms with Crippen molar-refractivity contribution in [3.8, 4) is 0 Å². The highest BCUT2D eigenvalue weighted by Gasteiger charge is 2.16. The number of nitrogens with one attached hydrogen (secondary N) is 1. The van der Waals surface area contributed by atoms with E-state index in [-0.39, 0.29) is 0 Å². The second-order valence-corrected chi connectivity index (χ2v) is 5.27. The van der Waals surface area contributed by atoms with E-state index in [1.807, 2.05) is 0 Å². The summed E-state index contributed by atoms with van der Waals surface area (Å²) in [7, 11) is 0. The van der Waals surface area contributed by atoms with Crippen molar-refractivity contribution in [3.63, 3.8) is 0 Å². The number of hydrazine groups is 1. The van der Waals surface area contributed by atoms with Crippen LogP contribution in [-0.2, 0) is 0 Å². The van der Waals surface area contributed by atoms with Crippen LogP contribution < -0.4 is 10.3 Å². The molecule has 0 aromatic heterocycles. The number of hydrogen-bond acceptors (Lipinski definition) is 3. The number of hydrogen-bond donors (Lipinski definition) is 1. The minimum Gasteiger partial charge on any atom is -0.369 e. The molecule has 0 aliphatic carbocycles. The van der Waals surface area contributed by atoms with Crippen LogP contribution in [0.5, 0.6) is 0 Å². The third-order valence-corrected chi connectivity index (χ3v) is 3.59. The summed E-state index contributed by atoms with van der Waals surface area (Å²) in [4.78, 5) is 2.44. The zero-order chi connectivity index (χ0) is 12.1. The van der Waals surface area contributed by atoms with E-state index < -0.39 is 0 Å². The Morgan fingerprint density at radius 3 is 2.35 bits per heavy atom.